The predicted molar refractivity (Wildman–Crippen MR) is 64.3 cm³/mol. The van der Waals surface area contributed by atoms with Crippen molar-refractivity contribution in [1.82, 2.24) is 0 Å². The SMILES string of the molecule is NCC(CCCOCC(F)(F)F)c1ccccc1F. The highest BCUT2D eigenvalue weighted by Gasteiger charge is 2.27. The molecule has 0 aliphatic rings. The van der Waals surface area contributed by atoms with Crippen LogP contribution in [0.3, 0.4) is 0 Å². The van der Waals surface area contributed by atoms with E-state index < -0.39 is 12.8 Å². The quantitative estimate of drug-likeness (QED) is 0.614. The van der Waals surface area contributed by atoms with Crippen molar-refractivity contribution in [1.29, 1.82) is 0 Å². The molecule has 0 saturated carbocycles. The Hall–Kier alpha value is -1.14. The Bertz CT molecular complexity index is 381. The van der Waals surface area contributed by atoms with E-state index in [-0.39, 0.29) is 24.9 Å². The molecule has 2 nitrogen and oxygen atoms in total. The maximum atomic E-state index is 13.5. The molecule has 6 heteroatoms. The minimum absolute atomic E-state index is 0.00946. The van der Waals surface area contributed by atoms with Gasteiger partial charge in [-0.15, -0.1) is 0 Å². The zero-order valence-corrected chi connectivity index (χ0v) is 10.4. The molecule has 19 heavy (non-hydrogen) atoms. The standard InChI is InChI=1S/C13H17F4NO/c14-12-6-2-1-5-11(12)10(8-18)4-3-7-19-9-13(15,16)17/h1-2,5-6,10H,3-4,7-9,18H2. The summed E-state index contributed by atoms with van der Waals surface area (Å²) in [5.41, 5.74) is 6.07. The Morgan fingerprint density at radius 1 is 1.21 bits per heavy atom. The summed E-state index contributed by atoms with van der Waals surface area (Å²) < 4.78 is 53.5. The van der Waals surface area contributed by atoms with Gasteiger partial charge in [0.15, 0.2) is 0 Å². The molecule has 1 unspecified atom stereocenters. The third-order valence-corrected chi connectivity index (χ3v) is 2.74. The smallest absolute Gasteiger partial charge is 0.372 e. The van der Waals surface area contributed by atoms with Gasteiger partial charge >= 0.3 is 6.18 Å². The van der Waals surface area contributed by atoms with Gasteiger partial charge in [0.25, 0.3) is 0 Å². The van der Waals surface area contributed by atoms with Crippen LogP contribution in [-0.2, 0) is 4.74 Å². The molecule has 108 valence electrons. The number of ether oxygens (including phenoxy) is 1. The van der Waals surface area contributed by atoms with E-state index in [1.807, 2.05) is 0 Å². The molecule has 1 aromatic rings. The minimum atomic E-state index is -4.31. The summed E-state index contributed by atoms with van der Waals surface area (Å²) in [5.74, 6) is -0.537. The van der Waals surface area contributed by atoms with Crippen molar-refractivity contribution in [3.8, 4) is 0 Å². The van der Waals surface area contributed by atoms with Crippen molar-refractivity contribution in [2.75, 3.05) is 19.8 Å². The number of alkyl halides is 3. The van der Waals surface area contributed by atoms with Gasteiger partial charge in [-0.05, 0) is 36.9 Å². The molecular weight excluding hydrogens is 262 g/mol. The number of hydrogen-bond donors (Lipinski definition) is 1. The Morgan fingerprint density at radius 2 is 1.89 bits per heavy atom. The molecule has 0 spiro atoms. The monoisotopic (exact) mass is 279 g/mol. The molecule has 0 aliphatic carbocycles. The van der Waals surface area contributed by atoms with E-state index in [0.29, 0.717) is 18.4 Å². The summed E-state index contributed by atoms with van der Waals surface area (Å²) in [6, 6.07) is 6.28. The molecule has 0 heterocycles. The molecular formula is C13H17F4NO. The first-order chi connectivity index (χ1) is 8.94. The number of hydrogen-bond acceptors (Lipinski definition) is 2. The van der Waals surface area contributed by atoms with Crippen LogP contribution in [0.5, 0.6) is 0 Å². The first-order valence-electron chi connectivity index (χ1n) is 6.03. The molecule has 2 N–H and O–H groups in total. The molecule has 0 saturated heterocycles. The average Bonchev–Trinajstić information content (AvgIpc) is 2.34. The minimum Gasteiger partial charge on any atom is -0.372 e. The Labute approximate surface area is 109 Å². The van der Waals surface area contributed by atoms with Crippen LogP contribution in [0.25, 0.3) is 0 Å². The number of nitrogens with two attached hydrogens (primary N) is 1. The van der Waals surface area contributed by atoms with Crippen LogP contribution >= 0.6 is 0 Å². The third-order valence-electron chi connectivity index (χ3n) is 2.74. The third kappa shape index (κ3) is 6.02. The van der Waals surface area contributed by atoms with E-state index in [0.717, 1.165) is 0 Å². The first-order valence-corrected chi connectivity index (χ1v) is 6.03. The van der Waals surface area contributed by atoms with Gasteiger partial charge in [0.2, 0.25) is 0 Å². The lowest BCUT2D eigenvalue weighted by Gasteiger charge is -2.16. The maximum absolute atomic E-state index is 13.5. The van der Waals surface area contributed by atoms with Crippen LogP contribution in [0.15, 0.2) is 24.3 Å². The van der Waals surface area contributed by atoms with Gasteiger partial charge in [0, 0.05) is 6.61 Å². The molecule has 0 bridgehead atoms. The van der Waals surface area contributed by atoms with Gasteiger partial charge in [-0.2, -0.15) is 13.2 Å². The van der Waals surface area contributed by atoms with Gasteiger partial charge < -0.3 is 10.5 Å². The van der Waals surface area contributed by atoms with Crippen LogP contribution in [0.1, 0.15) is 24.3 Å². The lowest BCUT2D eigenvalue weighted by molar-refractivity contribution is -0.174. The van der Waals surface area contributed by atoms with Gasteiger partial charge in [0.1, 0.15) is 12.4 Å². The Morgan fingerprint density at radius 3 is 2.47 bits per heavy atom. The summed E-state index contributed by atoms with van der Waals surface area (Å²) in [6.07, 6.45) is -3.40. The Kier molecular flexibility index (Phi) is 6.24. The van der Waals surface area contributed by atoms with E-state index >= 15 is 0 Å². The average molecular weight is 279 g/mol. The molecule has 1 aromatic carbocycles. The van der Waals surface area contributed by atoms with E-state index in [4.69, 9.17) is 5.73 Å². The molecule has 1 rings (SSSR count). The van der Waals surface area contributed by atoms with Crippen LogP contribution in [-0.4, -0.2) is 25.9 Å². The highest BCUT2D eigenvalue weighted by atomic mass is 19.4. The summed E-state index contributed by atoms with van der Waals surface area (Å²) in [6.45, 7) is -1.01. The fourth-order valence-electron chi connectivity index (χ4n) is 1.83. The van der Waals surface area contributed by atoms with Gasteiger partial charge in [0.05, 0.1) is 0 Å². The zero-order valence-electron chi connectivity index (χ0n) is 10.4. The maximum Gasteiger partial charge on any atom is 0.411 e. The highest BCUT2D eigenvalue weighted by molar-refractivity contribution is 5.21. The van der Waals surface area contributed by atoms with Crippen LogP contribution in [0.4, 0.5) is 17.6 Å². The predicted octanol–water partition coefficient (Wildman–Crippen LogP) is 3.23. The van der Waals surface area contributed by atoms with E-state index in [1.165, 1.54) is 6.07 Å². The van der Waals surface area contributed by atoms with Gasteiger partial charge in [-0.1, -0.05) is 18.2 Å². The van der Waals surface area contributed by atoms with Crippen LogP contribution in [0, 0.1) is 5.82 Å². The van der Waals surface area contributed by atoms with Crippen LogP contribution in [0.2, 0.25) is 0 Å². The highest BCUT2D eigenvalue weighted by Crippen LogP contribution is 2.23. The van der Waals surface area contributed by atoms with E-state index in [9.17, 15) is 17.6 Å². The van der Waals surface area contributed by atoms with Crippen LogP contribution < -0.4 is 5.73 Å². The number of halogens is 4. The normalized spacial score (nSPS) is 13.5. The second kappa shape index (κ2) is 7.45. The van der Waals surface area contributed by atoms with Crippen molar-refractivity contribution < 1.29 is 22.3 Å². The fraction of sp³-hybridized carbons (Fsp3) is 0.538. The summed E-state index contributed by atoms with van der Waals surface area (Å²) in [7, 11) is 0. The molecule has 0 aromatic heterocycles. The molecule has 0 amide bonds. The lowest BCUT2D eigenvalue weighted by Crippen LogP contribution is -2.18. The van der Waals surface area contributed by atoms with Gasteiger partial charge in [-0.3, -0.25) is 0 Å². The zero-order chi connectivity index (χ0) is 14.3. The first kappa shape index (κ1) is 15.9. The Balaban J connectivity index is 2.36. The molecule has 0 radical (unpaired) electrons. The summed E-state index contributed by atoms with van der Waals surface area (Å²) in [4.78, 5) is 0. The van der Waals surface area contributed by atoms with E-state index in [1.54, 1.807) is 18.2 Å². The van der Waals surface area contributed by atoms with Crippen molar-refractivity contribution in [2.45, 2.75) is 24.9 Å². The summed E-state index contributed by atoms with van der Waals surface area (Å²) >= 11 is 0. The molecule has 0 aliphatic heterocycles. The fourth-order valence-corrected chi connectivity index (χ4v) is 1.83. The topological polar surface area (TPSA) is 35.2 Å². The van der Waals surface area contributed by atoms with Crippen molar-refractivity contribution in [3.05, 3.63) is 35.6 Å². The second-order valence-electron chi connectivity index (χ2n) is 4.26. The number of rotatable bonds is 7. The van der Waals surface area contributed by atoms with Gasteiger partial charge in [-0.25, -0.2) is 4.39 Å². The lowest BCUT2D eigenvalue weighted by atomic mass is 9.94. The van der Waals surface area contributed by atoms with Crippen molar-refractivity contribution in [2.24, 2.45) is 5.73 Å². The number of benzene rings is 1. The largest absolute Gasteiger partial charge is 0.411 e. The molecule has 1 atom stereocenters. The van der Waals surface area contributed by atoms with E-state index in [2.05, 4.69) is 4.74 Å². The second-order valence-corrected chi connectivity index (χ2v) is 4.26. The van der Waals surface area contributed by atoms with Crippen molar-refractivity contribution in [3.63, 3.8) is 0 Å². The van der Waals surface area contributed by atoms with Crippen molar-refractivity contribution >= 4 is 0 Å². The summed E-state index contributed by atoms with van der Waals surface area (Å²) in [5, 5.41) is 0. The molecule has 0 fully saturated rings.